The van der Waals surface area contributed by atoms with Crippen LogP contribution in [-0.2, 0) is 9.53 Å². The Morgan fingerprint density at radius 3 is 2.56 bits per heavy atom. The summed E-state index contributed by atoms with van der Waals surface area (Å²) in [5.41, 5.74) is -1.95. The molecule has 0 radical (unpaired) electrons. The van der Waals surface area contributed by atoms with Crippen LogP contribution in [0.15, 0.2) is 0 Å². The lowest BCUT2D eigenvalue weighted by Gasteiger charge is -2.35. The molecule has 104 valence electrons. The Labute approximate surface area is 106 Å². The second-order valence-electron chi connectivity index (χ2n) is 4.65. The summed E-state index contributed by atoms with van der Waals surface area (Å²) in [5.74, 6) is -1.37. The van der Waals surface area contributed by atoms with Crippen LogP contribution in [0.2, 0.25) is 0 Å². The summed E-state index contributed by atoms with van der Waals surface area (Å²) in [6.07, 6.45) is 1.72. The molecule has 1 unspecified atom stereocenters. The summed E-state index contributed by atoms with van der Waals surface area (Å²) >= 11 is 0. The van der Waals surface area contributed by atoms with E-state index >= 15 is 0 Å². The average Bonchev–Trinajstić information content (AvgIpc) is 2.23. The predicted molar refractivity (Wildman–Crippen MR) is 63.2 cm³/mol. The fourth-order valence-electron chi connectivity index (χ4n) is 1.62. The number of aliphatic hydroxyl groups is 1. The number of carboxylic acids is 1. The van der Waals surface area contributed by atoms with E-state index in [1.807, 2.05) is 6.92 Å². The minimum absolute atomic E-state index is 0.0522. The molecule has 0 aliphatic heterocycles. The van der Waals surface area contributed by atoms with Crippen molar-refractivity contribution in [1.29, 1.82) is 0 Å². The fraction of sp³-hybridized carbons (Fsp3) is 0.818. The zero-order chi connectivity index (χ0) is 13.8. The maximum atomic E-state index is 11.4. The molecule has 0 spiro atoms. The molecule has 18 heavy (non-hydrogen) atoms. The van der Waals surface area contributed by atoms with E-state index in [1.54, 1.807) is 0 Å². The third kappa shape index (κ3) is 4.15. The summed E-state index contributed by atoms with van der Waals surface area (Å²) in [6, 6.07) is -0.423. The minimum atomic E-state index is -1.95. The van der Waals surface area contributed by atoms with Gasteiger partial charge in [-0.05, 0) is 26.7 Å². The van der Waals surface area contributed by atoms with Crippen molar-refractivity contribution in [1.82, 2.24) is 10.6 Å². The highest BCUT2D eigenvalue weighted by Crippen LogP contribution is 2.22. The first-order valence-corrected chi connectivity index (χ1v) is 5.97. The van der Waals surface area contributed by atoms with E-state index < -0.39 is 17.6 Å². The van der Waals surface area contributed by atoms with Crippen LogP contribution < -0.4 is 10.6 Å². The van der Waals surface area contributed by atoms with Gasteiger partial charge in [0.1, 0.15) is 0 Å². The average molecular weight is 260 g/mol. The van der Waals surface area contributed by atoms with Gasteiger partial charge in [0.25, 0.3) is 0 Å². The molecule has 4 N–H and O–H groups in total. The third-order valence-corrected chi connectivity index (χ3v) is 2.89. The molecule has 0 aromatic heterocycles. The normalized spacial score (nSPS) is 25.7. The van der Waals surface area contributed by atoms with E-state index in [-0.39, 0.29) is 18.7 Å². The number of rotatable bonds is 6. The first-order valence-electron chi connectivity index (χ1n) is 5.97. The van der Waals surface area contributed by atoms with Crippen molar-refractivity contribution >= 4 is 12.0 Å². The van der Waals surface area contributed by atoms with Gasteiger partial charge in [-0.25, -0.2) is 9.59 Å². The number of aliphatic carboxylic acids is 1. The van der Waals surface area contributed by atoms with Gasteiger partial charge >= 0.3 is 12.0 Å². The van der Waals surface area contributed by atoms with Crippen LogP contribution in [0.5, 0.6) is 0 Å². The van der Waals surface area contributed by atoms with E-state index in [4.69, 9.17) is 9.84 Å². The van der Waals surface area contributed by atoms with Gasteiger partial charge < -0.3 is 25.6 Å². The Hall–Kier alpha value is -1.34. The summed E-state index contributed by atoms with van der Waals surface area (Å²) in [5, 5.41) is 23.1. The molecule has 7 nitrogen and oxygen atoms in total. The minimum Gasteiger partial charge on any atom is -0.479 e. The first kappa shape index (κ1) is 14.7. The van der Waals surface area contributed by atoms with Crippen molar-refractivity contribution in [2.45, 2.75) is 44.4 Å². The molecule has 1 rings (SSSR count). The van der Waals surface area contributed by atoms with E-state index in [0.29, 0.717) is 6.61 Å². The van der Waals surface area contributed by atoms with Gasteiger partial charge in [0, 0.05) is 12.6 Å². The molecule has 1 aliphatic rings. The number of hydrogen-bond acceptors (Lipinski definition) is 4. The van der Waals surface area contributed by atoms with Crippen molar-refractivity contribution in [3.8, 4) is 0 Å². The topological polar surface area (TPSA) is 108 Å². The van der Waals surface area contributed by atoms with E-state index in [0.717, 1.165) is 19.8 Å². The molecule has 1 saturated carbocycles. The van der Waals surface area contributed by atoms with Gasteiger partial charge in [0.15, 0.2) is 5.60 Å². The number of urea groups is 1. The lowest BCUT2D eigenvalue weighted by atomic mass is 9.89. The smallest absolute Gasteiger partial charge is 0.337 e. The zero-order valence-corrected chi connectivity index (χ0v) is 10.6. The van der Waals surface area contributed by atoms with Gasteiger partial charge in [-0.1, -0.05) is 0 Å². The predicted octanol–water partition coefficient (Wildman–Crippen LogP) is -0.311. The van der Waals surface area contributed by atoms with Crippen molar-refractivity contribution in [3.05, 3.63) is 0 Å². The van der Waals surface area contributed by atoms with Crippen LogP contribution in [-0.4, -0.2) is 53.1 Å². The lowest BCUT2D eigenvalue weighted by molar-refractivity contribution is -0.155. The largest absolute Gasteiger partial charge is 0.479 e. The van der Waals surface area contributed by atoms with Crippen molar-refractivity contribution in [2.75, 3.05) is 13.2 Å². The fourth-order valence-corrected chi connectivity index (χ4v) is 1.62. The Morgan fingerprint density at radius 2 is 2.06 bits per heavy atom. The maximum Gasteiger partial charge on any atom is 0.337 e. The van der Waals surface area contributed by atoms with Gasteiger partial charge in [0.2, 0.25) is 0 Å². The SMILES string of the molecule is CCOC1CC(NC(=O)NCC(C)(O)C(=O)O)C1. The Bertz CT molecular complexity index is 313. The third-order valence-electron chi connectivity index (χ3n) is 2.89. The van der Waals surface area contributed by atoms with E-state index in [1.165, 1.54) is 0 Å². The number of carbonyl (C=O) groups is 2. The number of nitrogens with one attached hydrogen (secondary N) is 2. The van der Waals surface area contributed by atoms with Crippen LogP contribution >= 0.6 is 0 Å². The summed E-state index contributed by atoms with van der Waals surface area (Å²) in [4.78, 5) is 22.0. The van der Waals surface area contributed by atoms with Crippen LogP contribution in [0.3, 0.4) is 0 Å². The number of hydrogen-bond donors (Lipinski definition) is 4. The van der Waals surface area contributed by atoms with Crippen molar-refractivity contribution < 1.29 is 24.5 Å². The number of carbonyl (C=O) groups excluding carboxylic acids is 1. The molecule has 0 saturated heterocycles. The molecule has 2 amide bonds. The van der Waals surface area contributed by atoms with Crippen molar-refractivity contribution in [3.63, 3.8) is 0 Å². The lowest BCUT2D eigenvalue weighted by Crippen LogP contribution is -2.54. The first-order chi connectivity index (χ1) is 8.35. The summed E-state index contributed by atoms with van der Waals surface area (Å²) < 4.78 is 5.35. The van der Waals surface area contributed by atoms with E-state index in [9.17, 15) is 14.7 Å². The second-order valence-corrected chi connectivity index (χ2v) is 4.65. The molecule has 1 atom stereocenters. The van der Waals surface area contributed by atoms with Crippen molar-refractivity contribution in [2.24, 2.45) is 0 Å². The number of carboxylic acid groups (broad SMARTS) is 1. The monoisotopic (exact) mass is 260 g/mol. The standard InChI is InChI=1S/C11H20N2O5/c1-3-18-8-4-7(5-8)13-10(16)12-6-11(2,17)9(14)15/h7-8,17H,3-6H2,1-2H3,(H,14,15)(H2,12,13,16). The molecule has 1 fully saturated rings. The van der Waals surface area contributed by atoms with Crippen LogP contribution in [0.25, 0.3) is 0 Å². The Kier molecular flexibility index (Phi) is 4.92. The van der Waals surface area contributed by atoms with Gasteiger partial charge in [-0.2, -0.15) is 0 Å². The highest BCUT2D eigenvalue weighted by molar-refractivity contribution is 5.79. The summed E-state index contributed by atoms with van der Waals surface area (Å²) in [7, 11) is 0. The van der Waals surface area contributed by atoms with Gasteiger partial charge in [-0.3, -0.25) is 0 Å². The molecule has 0 aromatic rings. The van der Waals surface area contributed by atoms with Gasteiger partial charge in [0.05, 0.1) is 12.6 Å². The molecular formula is C11H20N2O5. The Morgan fingerprint density at radius 1 is 1.44 bits per heavy atom. The van der Waals surface area contributed by atoms with Crippen LogP contribution in [0.1, 0.15) is 26.7 Å². The quantitative estimate of drug-likeness (QED) is 0.524. The number of amides is 2. The molecule has 0 bridgehead atoms. The molecule has 7 heteroatoms. The zero-order valence-electron chi connectivity index (χ0n) is 10.6. The van der Waals surface area contributed by atoms with Crippen LogP contribution in [0.4, 0.5) is 4.79 Å². The van der Waals surface area contributed by atoms with E-state index in [2.05, 4.69) is 10.6 Å². The van der Waals surface area contributed by atoms with Gasteiger partial charge in [-0.15, -0.1) is 0 Å². The molecular weight excluding hydrogens is 240 g/mol. The highest BCUT2D eigenvalue weighted by atomic mass is 16.5. The highest BCUT2D eigenvalue weighted by Gasteiger charge is 2.33. The molecule has 0 heterocycles. The molecule has 0 aromatic carbocycles. The Balaban J connectivity index is 2.18. The second kappa shape index (κ2) is 6.01. The van der Waals surface area contributed by atoms with Crippen LogP contribution in [0, 0.1) is 0 Å². The molecule has 1 aliphatic carbocycles. The summed E-state index contributed by atoms with van der Waals surface area (Å²) in [6.45, 7) is 3.37. The number of ether oxygens (including phenoxy) is 1. The maximum absolute atomic E-state index is 11.4.